The maximum absolute atomic E-state index is 11.8. The van der Waals surface area contributed by atoms with Gasteiger partial charge in [-0.15, -0.1) is 11.8 Å². The Hall–Kier alpha value is -0.630. The first-order chi connectivity index (χ1) is 8.37. The van der Waals surface area contributed by atoms with Gasteiger partial charge >= 0.3 is 0 Å². The summed E-state index contributed by atoms with van der Waals surface area (Å²) in [4.78, 5) is 4.31. The molecule has 0 amide bonds. The second-order valence-electron chi connectivity index (χ2n) is 4.06. The van der Waals surface area contributed by atoms with Crippen LogP contribution in [0.15, 0.2) is 28.3 Å². The van der Waals surface area contributed by atoms with Crippen LogP contribution in [-0.2, 0) is 10.0 Å². The van der Waals surface area contributed by atoms with Gasteiger partial charge in [0.15, 0.2) is 0 Å². The molecule has 0 aliphatic carbocycles. The average molecular weight is 290 g/mol. The molecule has 1 atom stereocenters. The number of pyridine rings is 1. The van der Waals surface area contributed by atoms with E-state index in [0.717, 1.165) is 9.33 Å². The Morgan fingerprint density at radius 1 is 1.44 bits per heavy atom. The Labute approximate surface area is 112 Å². The van der Waals surface area contributed by atoms with Crippen LogP contribution < -0.4 is 0 Å². The minimum absolute atomic E-state index is 0.140. The van der Waals surface area contributed by atoms with Gasteiger partial charge in [-0.1, -0.05) is 6.92 Å². The molecule has 1 aromatic heterocycles. The van der Waals surface area contributed by atoms with E-state index in [9.17, 15) is 8.42 Å². The lowest BCUT2D eigenvalue weighted by Gasteiger charge is -2.12. The minimum atomic E-state index is -3.41. The molecule has 5 nitrogen and oxygen atoms in total. The highest BCUT2D eigenvalue weighted by molar-refractivity contribution is 7.99. The first kappa shape index (κ1) is 15.4. The van der Waals surface area contributed by atoms with Crippen LogP contribution in [0.1, 0.15) is 13.3 Å². The van der Waals surface area contributed by atoms with Crippen molar-refractivity contribution >= 4 is 21.8 Å². The third-order valence-corrected chi connectivity index (χ3v) is 5.27. The largest absolute Gasteiger partial charge is 0.396 e. The van der Waals surface area contributed by atoms with Crippen LogP contribution in [0.3, 0.4) is 0 Å². The molecule has 1 rings (SSSR count). The molecule has 1 aromatic rings. The third kappa shape index (κ3) is 3.94. The molecule has 0 aliphatic heterocycles. The zero-order valence-corrected chi connectivity index (χ0v) is 12.3. The van der Waals surface area contributed by atoms with Crippen LogP contribution in [0.2, 0.25) is 0 Å². The van der Waals surface area contributed by atoms with Gasteiger partial charge in [-0.05, 0) is 18.6 Å². The molecular weight excluding hydrogens is 272 g/mol. The van der Waals surface area contributed by atoms with Gasteiger partial charge in [-0.2, -0.15) is 0 Å². The molecule has 18 heavy (non-hydrogen) atoms. The van der Waals surface area contributed by atoms with E-state index in [4.69, 9.17) is 5.11 Å². The molecule has 0 radical (unpaired) electrons. The Morgan fingerprint density at radius 3 is 2.56 bits per heavy atom. The summed E-state index contributed by atoms with van der Waals surface area (Å²) in [6.45, 7) is 2.13. The smallest absolute Gasteiger partial charge is 0.244 e. The van der Waals surface area contributed by atoms with Gasteiger partial charge in [0.05, 0.1) is 5.03 Å². The maximum atomic E-state index is 11.8. The van der Waals surface area contributed by atoms with E-state index in [1.807, 2.05) is 6.92 Å². The van der Waals surface area contributed by atoms with Crippen molar-refractivity contribution in [2.45, 2.75) is 28.5 Å². The van der Waals surface area contributed by atoms with Crippen molar-refractivity contribution in [2.24, 2.45) is 0 Å². The summed E-state index contributed by atoms with van der Waals surface area (Å²) in [6.07, 6.45) is 2.05. The average Bonchev–Trinajstić information content (AvgIpc) is 2.29. The number of hydrogen-bond acceptors (Lipinski definition) is 5. The molecular formula is C11H18N2O3S2. The van der Waals surface area contributed by atoms with Crippen LogP contribution in [-0.4, -0.2) is 48.8 Å². The van der Waals surface area contributed by atoms with Crippen molar-refractivity contribution in [3.05, 3.63) is 18.3 Å². The maximum Gasteiger partial charge on any atom is 0.244 e. The first-order valence-corrected chi connectivity index (χ1v) is 7.86. The lowest BCUT2D eigenvalue weighted by atomic mass is 10.3. The highest BCUT2D eigenvalue weighted by Crippen LogP contribution is 2.24. The second-order valence-corrected chi connectivity index (χ2v) is 7.67. The van der Waals surface area contributed by atoms with Crippen molar-refractivity contribution < 1.29 is 13.5 Å². The Bertz CT molecular complexity index is 472. The molecule has 0 saturated carbocycles. The van der Waals surface area contributed by atoms with E-state index in [1.165, 1.54) is 32.1 Å². The van der Waals surface area contributed by atoms with Gasteiger partial charge in [0.25, 0.3) is 0 Å². The number of aliphatic hydroxyl groups is 1. The van der Waals surface area contributed by atoms with E-state index in [1.54, 1.807) is 12.1 Å². The number of hydrogen-bond donors (Lipinski definition) is 1. The van der Waals surface area contributed by atoms with Crippen molar-refractivity contribution in [1.82, 2.24) is 9.29 Å². The van der Waals surface area contributed by atoms with Crippen LogP contribution in [0.4, 0.5) is 0 Å². The van der Waals surface area contributed by atoms with Gasteiger partial charge in [-0.3, -0.25) is 0 Å². The summed E-state index contributed by atoms with van der Waals surface area (Å²) in [5.74, 6) is 0. The molecule has 0 aromatic carbocycles. The summed E-state index contributed by atoms with van der Waals surface area (Å²) in [5.41, 5.74) is 0. The Kier molecular flexibility index (Phi) is 5.58. The number of thioether (sulfide) groups is 1. The van der Waals surface area contributed by atoms with Gasteiger partial charge in [0.1, 0.15) is 4.90 Å². The predicted molar refractivity (Wildman–Crippen MR) is 72.1 cm³/mol. The SMILES string of the molecule is CC(CCO)Sc1ccc(S(=O)(=O)N(C)C)cn1. The summed E-state index contributed by atoms with van der Waals surface area (Å²) < 4.78 is 24.8. The molecule has 0 saturated heterocycles. The highest BCUT2D eigenvalue weighted by atomic mass is 32.2. The lowest BCUT2D eigenvalue weighted by Crippen LogP contribution is -2.22. The fourth-order valence-corrected chi connectivity index (χ4v) is 2.99. The van der Waals surface area contributed by atoms with Crippen LogP contribution in [0, 0.1) is 0 Å². The molecule has 1 N–H and O–H groups in total. The molecule has 1 heterocycles. The quantitative estimate of drug-likeness (QED) is 0.797. The molecule has 7 heteroatoms. The number of nitrogens with zero attached hydrogens (tertiary/aromatic N) is 2. The van der Waals surface area contributed by atoms with E-state index < -0.39 is 10.0 Å². The van der Waals surface area contributed by atoms with Gasteiger partial charge < -0.3 is 5.11 Å². The molecule has 0 bridgehead atoms. The zero-order valence-electron chi connectivity index (χ0n) is 10.7. The van der Waals surface area contributed by atoms with E-state index in [0.29, 0.717) is 6.42 Å². The standard InChI is InChI=1S/C11H18N2O3S2/c1-9(6-7-14)17-11-5-4-10(8-12-11)18(15,16)13(2)3/h4-5,8-9,14H,6-7H2,1-3H3. The summed E-state index contributed by atoms with van der Waals surface area (Å²) in [5, 5.41) is 9.81. The molecule has 0 spiro atoms. The van der Waals surface area contributed by atoms with E-state index in [-0.39, 0.29) is 16.8 Å². The number of sulfonamides is 1. The van der Waals surface area contributed by atoms with Gasteiger partial charge in [0.2, 0.25) is 10.0 Å². The molecule has 102 valence electrons. The van der Waals surface area contributed by atoms with Crippen molar-refractivity contribution in [3.8, 4) is 0 Å². The zero-order chi connectivity index (χ0) is 13.8. The van der Waals surface area contributed by atoms with Crippen molar-refractivity contribution in [1.29, 1.82) is 0 Å². The Morgan fingerprint density at radius 2 is 2.11 bits per heavy atom. The number of rotatable bonds is 6. The topological polar surface area (TPSA) is 70.5 Å². The van der Waals surface area contributed by atoms with Crippen molar-refractivity contribution in [2.75, 3.05) is 20.7 Å². The summed E-state index contributed by atoms with van der Waals surface area (Å²) >= 11 is 1.52. The predicted octanol–water partition coefficient (Wildman–Crippen LogP) is 1.19. The van der Waals surface area contributed by atoms with Gasteiger partial charge in [-0.25, -0.2) is 17.7 Å². The normalized spacial score (nSPS) is 13.8. The molecule has 1 unspecified atom stereocenters. The van der Waals surface area contributed by atoms with Crippen molar-refractivity contribution in [3.63, 3.8) is 0 Å². The van der Waals surface area contributed by atoms with E-state index >= 15 is 0 Å². The Balaban J connectivity index is 2.81. The molecule has 0 fully saturated rings. The van der Waals surface area contributed by atoms with Crippen LogP contribution >= 0.6 is 11.8 Å². The van der Waals surface area contributed by atoms with E-state index in [2.05, 4.69) is 4.98 Å². The summed E-state index contributed by atoms with van der Waals surface area (Å²) in [7, 11) is -0.436. The number of aliphatic hydroxyl groups excluding tert-OH is 1. The first-order valence-electron chi connectivity index (χ1n) is 5.54. The summed E-state index contributed by atoms with van der Waals surface area (Å²) in [6, 6.07) is 3.24. The van der Waals surface area contributed by atoms with Crippen LogP contribution in [0.5, 0.6) is 0 Å². The third-order valence-electron chi connectivity index (χ3n) is 2.35. The lowest BCUT2D eigenvalue weighted by molar-refractivity contribution is 0.289. The second kappa shape index (κ2) is 6.51. The highest BCUT2D eigenvalue weighted by Gasteiger charge is 2.17. The minimum Gasteiger partial charge on any atom is -0.396 e. The monoisotopic (exact) mass is 290 g/mol. The molecule has 0 aliphatic rings. The van der Waals surface area contributed by atoms with Crippen LogP contribution in [0.25, 0.3) is 0 Å². The van der Waals surface area contributed by atoms with Gasteiger partial charge in [0, 0.05) is 32.1 Å². The fraction of sp³-hybridized carbons (Fsp3) is 0.545. The fourth-order valence-electron chi connectivity index (χ4n) is 1.25. The number of aromatic nitrogens is 1.